The summed E-state index contributed by atoms with van der Waals surface area (Å²) in [5, 5.41) is 5.08. The van der Waals surface area contributed by atoms with E-state index in [0.29, 0.717) is 0 Å². The Labute approximate surface area is 651 Å². The zero-order valence-corrected chi connectivity index (χ0v) is 61.4. The zero-order valence-electron chi connectivity index (χ0n) is 61.4. The monoisotopic (exact) mass is 1400 g/mol. The van der Waals surface area contributed by atoms with E-state index >= 15 is 0 Å². The van der Waals surface area contributed by atoms with Gasteiger partial charge in [0.15, 0.2) is 0 Å². The molecule has 4 bridgehead atoms. The van der Waals surface area contributed by atoms with Crippen molar-refractivity contribution in [2.75, 3.05) is 7.15 Å². The fourth-order valence-corrected chi connectivity index (χ4v) is 20.1. The van der Waals surface area contributed by atoms with Crippen molar-refractivity contribution in [1.82, 2.24) is 9.13 Å². The normalized spacial score (nSPS) is 18.0. The van der Waals surface area contributed by atoms with Gasteiger partial charge in [-0.25, -0.2) is 8.78 Å². The number of aromatic nitrogens is 2. The molecule has 510 valence electrons. The average molecular weight is 1400 g/mol. The third-order valence-corrected chi connectivity index (χ3v) is 23.9. The number of fused-ring (bicyclic) bond motifs is 9. The molecule has 0 unspecified atom stereocenters. The third-order valence-electron chi connectivity index (χ3n) is 23.9. The van der Waals surface area contributed by atoms with Crippen LogP contribution in [0.2, 0.25) is 0 Å². The Balaban J connectivity index is 0.000000137. The van der Waals surface area contributed by atoms with E-state index in [4.69, 9.17) is 1.37 Å². The third kappa shape index (κ3) is 9.26. The first-order valence-corrected chi connectivity index (χ1v) is 36.7. The van der Waals surface area contributed by atoms with Gasteiger partial charge >= 0.3 is 29.6 Å². The van der Waals surface area contributed by atoms with Crippen LogP contribution in [0.4, 0.5) is 13.2 Å². The number of hydrogen-bond acceptors (Lipinski definition) is 0. The Morgan fingerprint density at radius 1 is 0.259 bits per heavy atom. The van der Waals surface area contributed by atoms with Gasteiger partial charge in [0.2, 0.25) is 0 Å². The van der Waals surface area contributed by atoms with Gasteiger partial charge in [0.05, 0.1) is 52.3 Å². The van der Waals surface area contributed by atoms with Crippen LogP contribution in [-0.4, -0.2) is 16.3 Å². The molecular weight excluding hydrogens is 1330 g/mol. The van der Waals surface area contributed by atoms with Crippen molar-refractivity contribution >= 4 is 43.6 Å². The molecule has 7 aliphatic rings. The molecule has 0 amide bonds. The molecule has 16 aromatic carbocycles. The first kappa shape index (κ1) is 65.4. The first-order valence-electron chi connectivity index (χ1n) is 37.4. The predicted molar refractivity (Wildman–Crippen MR) is 432 cm³/mol. The number of rotatable bonds is 6. The molecule has 25 rings (SSSR count). The number of benzene rings is 16. The largest absolute Gasteiger partial charge is 1.00 e. The van der Waals surface area contributed by atoms with Gasteiger partial charge in [0.1, 0.15) is 11.6 Å². The zero-order chi connectivity index (χ0) is 72.3. The molecule has 0 saturated carbocycles. The summed E-state index contributed by atoms with van der Waals surface area (Å²) in [5.74, 6) is -0.515. The topological polar surface area (TPSA) is 9.86 Å². The second-order valence-corrected chi connectivity index (χ2v) is 28.6. The standard InChI is InChI=1S/C56H36N2.C32H20F2.C13H10.CH3F.Na.H/c1-11-31-51-41(21-1)42-22-2-12-32-52(42)57(51)39-19-15-17-37(35-39)55-45-25-5-8-28-48(45)56(49-29-9-6-26-46(49)55,50-30-10-7-27-47(50)55)38-18-16-20-40(36-38)58-53-33-13-3-23-43(53)44-24-4-14-34-54(44)58;33-23-11-7-9-21(19-23)31-25-13-1-2-14-26(25)32(22-10-8-12-24(34)20-22,29-17-5-3-15-27(29)31)30-18-6-4-16-28(30)31;1-3-7-12-10(5-1)9-11-6-2-4-8-13(11)12;1-2;;/h1-36H;1-20H;1-8H,9H2;1H3;;/q;;;;+1;-1/i;;;1D;;. The molecule has 0 atom stereocenters. The van der Waals surface area contributed by atoms with Gasteiger partial charge < -0.3 is 10.6 Å². The number of alkyl halides is 1. The maximum absolute atomic E-state index is 14.7. The summed E-state index contributed by atoms with van der Waals surface area (Å²) in [6.07, 6.45) is 1.10. The molecule has 2 nitrogen and oxygen atoms in total. The summed E-state index contributed by atoms with van der Waals surface area (Å²) in [5.41, 5.74) is 29.6. The van der Waals surface area contributed by atoms with E-state index < -0.39 is 28.8 Å². The Bertz CT molecular complexity index is 5910. The van der Waals surface area contributed by atoms with Gasteiger partial charge in [0, 0.05) is 32.9 Å². The summed E-state index contributed by atoms with van der Waals surface area (Å²) in [6.45, 7) is 0. The summed E-state index contributed by atoms with van der Waals surface area (Å²) in [4.78, 5) is 0. The van der Waals surface area contributed by atoms with Crippen LogP contribution in [-0.2, 0) is 28.1 Å². The van der Waals surface area contributed by atoms with Crippen molar-refractivity contribution in [2.45, 2.75) is 28.1 Å². The maximum Gasteiger partial charge on any atom is 1.00 e. The van der Waals surface area contributed by atoms with Crippen molar-refractivity contribution in [3.8, 4) is 22.5 Å². The second-order valence-electron chi connectivity index (χ2n) is 28.6. The number of para-hydroxylation sites is 4. The van der Waals surface area contributed by atoms with Crippen LogP contribution in [0.3, 0.4) is 0 Å². The van der Waals surface area contributed by atoms with Gasteiger partial charge in [0.25, 0.3) is 0 Å². The minimum Gasteiger partial charge on any atom is -1.00 e. The summed E-state index contributed by atoms with van der Waals surface area (Å²) < 4.78 is 49.8. The van der Waals surface area contributed by atoms with Gasteiger partial charge in [-0.2, -0.15) is 0 Å². The Hall–Kier alpha value is -12.1. The summed E-state index contributed by atoms with van der Waals surface area (Å²) >= 11 is 0. The molecule has 18 aromatic rings. The van der Waals surface area contributed by atoms with Crippen LogP contribution in [0.25, 0.3) is 66.1 Å². The van der Waals surface area contributed by atoms with E-state index in [9.17, 15) is 13.2 Å². The minimum atomic E-state index is -1.00. The molecule has 108 heavy (non-hydrogen) atoms. The molecule has 7 aliphatic carbocycles. The van der Waals surface area contributed by atoms with Crippen molar-refractivity contribution in [3.05, 3.63) is 500 Å². The van der Waals surface area contributed by atoms with Crippen LogP contribution < -0.4 is 29.6 Å². The maximum atomic E-state index is 14.7. The Morgan fingerprint density at radius 3 is 0.731 bits per heavy atom. The fraction of sp³-hybridized carbons (Fsp3) is 0.0588. The molecule has 0 N–H and O–H groups in total. The predicted octanol–water partition coefficient (Wildman–Crippen LogP) is 21.6. The van der Waals surface area contributed by atoms with E-state index in [1.807, 2.05) is 48.5 Å². The van der Waals surface area contributed by atoms with Crippen molar-refractivity contribution in [1.29, 1.82) is 0 Å². The average Bonchev–Trinajstić information content (AvgIpc) is 0.726. The van der Waals surface area contributed by atoms with Crippen LogP contribution in [0.1, 0.15) is 103 Å². The van der Waals surface area contributed by atoms with Crippen LogP contribution in [0.5, 0.6) is 0 Å². The smallest absolute Gasteiger partial charge is 1.00 e. The van der Waals surface area contributed by atoms with Gasteiger partial charge in [-0.1, -0.05) is 315 Å². The quantitative estimate of drug-likeness (QED) is 0.147. The molecule has 0 radical (unpaired) electrons. The molecule has 2 heterocycles. The van der Waals surface area contributed by atoms with Crippen LogP contribution in [0.15, 0.2) is 388 Å². The van der Waals surface area contributed by atoms with Gasteiger partial charge in [-0.15, -0.1) is 0 Å². The van der Waals surface area contributed by atoms with E-state index in [1.54, 1.807) is 24.3 Å². The molecule has 0 aliphatic heterocycles. The molecule has 0 spiro atoms. The van der Waals surface area contributed by atoms with Crippen LogP contribution >= 0.6 is 0 Å². The van der Waals surface area contributed by atoms with Crippen LogP contribution in [0, 0.1) is 11.6 Å². The summed E-state index contributed by atoms with van der Waals surface area (Å²) in [6, 6.07) is 138. The van der Waals surface area contributed by atoms with E-state index in [0.717, 1.165) is 62.3 Å². The second kappa shape index (κ2) is 26.1. The minimum absolute atomic E-state index is 0. The number of hydrogen-bond donors (Lipinski definition) is 0. The fourth-order valence-electron chi connectivity index (χ4n) is 20.1. The van der Waals surface area contributed by atoms with Gasteiger partial charge in [-0.05, 0) is 190 Å². The summed E-state index contributed by atoms with van der Waals surface area (Å²) in [7, 11) is -1.00. The molecule has 0 saturated heterocycles. The van der Waals surface area contributed by atoms with Crippen molar-refractivity contribution in [2.24, 2.45) is 0 Å². The number of nitrogens with zero attached hydrogens (tertiary/aromatic N) is 2. The number of halogens is 3. The Kier molecular flexibility index (Phi) is 15.8. The SMILES string of the molecule is Fc1cccc(C23c4ccccc4C(c4cccc(F)c4)(c4ccccc42)c2ccccc23)c1.[2H]CF.[H-].[Na+].c1cc(-n2c3ccccc3c3ccccc32)cc(C23c4ccccc4C(c4cccc(-n5c6ccccc6c6ccccc65)c4)(c4ccccc42)c2ccccc23)c1.c1ccc2c(c1)Cc1ccccc1-2. The Morgan fingerprint density at radius 2 is 0.472 bits per heavy atom. The van der Waals surface area contributed by atoms with Crippen molar-refractivity contribution in [3.63, 3.8) is 0 Å². The molecular formula is C102H70F3N2Na. The van der Waals surface area contributed by atoms with Gasteiger partial charge in [-0.3, -0.25) is 4.39 Å². The first-order chi connectivity index (χ1) is 53.3. The van der Waals surface area contributed by atoms with Crippen molar-refractivity contribution < 1.29 is 45.5 Å². The molecule has 6 heteroatoms. The molecule has 2 aromatic heterocycles. The van der Waals surface area contributed by atoms with E-state index in [1.165, 1.54) is 123 Å². The molecule has 0 fully saturated rings. The van der Waals surface area contributed by atoms with E-state index in [-0.39, 0.29) is 42.6 Å². The van der Waals surface area contributed by atoms with E-state index in [2.05, 4.69) is 312 Å².